The summed E-state index contributed by atoms with van der Waals surface area (Å²) in [5.74, 6) is 0.690. The van der Waals surface area contributed by atoms with Crippen molar-refractivity contribution in [3.05, 3.63) is 41.6 Å². The minimum absolute atomic E-state index is 0.0392. The summed E-state index contributed by atoms with van der Waals surface area (Å²) in [7, 11) is 1.51. The van der Waals surface area contributed by atoms with Crippen molar-refractivity contribution in [2.45, 2.75) is 24.3 Å². The molecule has 3 aromatic heterocycles. The van der Waals surface area contributed by atoms with Crippen molar-refractivity contribution in [3.8, 4) is 5.95 Å². The molecule has 30 heavy (non-hydrogen) atoms. The van der Waals surface area contributed by atoms with Crippen LogP contribution in [0.25, 0.3) is 28.0 Å². The molecule has 0 atom stereocenters. The number of benzene rings is 1. The van der Waals surface area contributed by atoms with E-state index < -0.39 is 23.5 Å². The number of hydrogen-bond donors (Lipinski definition) is 0. The molecule has 0 unspecified atom stereocenters. The molecule has 0 saturated carbocycles. The maximum atomic E-state index is 13.2. The first-order chi connectivity index (χ1) is 14.0. The summed E-state index contributed by atoms with van der Waals surface area (Å²) in [6, 6.07) is 4.11. The molecule has 12 heteroatoms. The van der Waals surface area contributed by atoms with Crippen LogP contribution in [0.15, 0.2) is 35.5 Å². The Kier molecular flexibility index (Phi) is 4.71. The summed E-state index contributed by atoms with van der Waals surface area (Å²) < 4.78 is 81.3. The minimum Gasteiger partial charge on any atom is -0.296 e. The first-order valence-electron chi connectivity index (χ1n) is 8.63. The van der Waals surface area contributed by atoms with Gasteiger partial charge in [-0.25, -0.2) is 9.97 Å². The fourth-order valence-electron chi connectivity index (χ4n) is 3.07. The van der Waals surface area contributed by atoms with Crippen LogP contribution in [0.1, 0.15) is 18.1 Å². The summed E-state index contributed by atoms with van der Waals surface area (Å²) in [5, 5.41) is 5.37. The molecule has 0 aliphatic carbocycles. The predicted octanol–water partition coefficient (Wildman–Crippen LogP) is 5.46. The van der Waals surface area contributed by atoms with Crippen molar-refractivity contribution >= 4 is 33.8 Å². The number of fused-ring (bicyclic) bond motifs is 2. The van der Waals surface area contributed by atoms with E-state index in [0.29, 0.717) is 22.4 Å². The van der Waals surface area contributed by atoms with Gasteiger partial charge in [-0.3, -0.25) is 4.57 Å². The van der Waals surface area contributed by atoms with Gasteiger partial charge in [-0.2, -0.15) is 36.1 Å². The summed E-state index contributed by atoms with van der Waals surface area (Å²) in [6.45, 7) is 1.87. The molecule has 1 aromatic carbocycles. The van der Waals surface area contributed by atoms with Crippen LogP contribution < -0.4 is 0 Å². The van der Waals surface area contributed by atoms with E-state index in [1.807, 2.05) is 6.92 Å². The van der Waals surface area contributed by atoms with Crippen LogP contribution in [0, 0.1) is 0 Å². The van der Waals surface area contributed by atoms with Gasteiger partial charge < -0.3 is 0 Å². The average Bonchev–Trinajstić information content (AvgIpc) is 3.18. The molecule has 0 amide bonds. The molecule has 3 heterocycles. The Bertz CT molecular complexity index is 1250. The molecule has 5 nitrogen and oxygen atoms in total. The van der Waals surface area contributed by atoms with Crippen LogP contribution >= 0.6 is 11.8 Å². The Balaban J connectivity index is 1.97. The van der Waals surface area contributed by atoms with E-state index >= 15 is 0 Å². The lowest BCUT2D eigenvalue weighted by atomic mass is 10.1. The number of alkyl halides is 6. The van der Waals surface area contributed by atoms with Crippen LogP contribution in [0.2, 0.25) is 0 Å². The molecule has 0 bridgehead atoms. The summed E-state index contributed by atoms with van der Waals surface area (Å²) >= 11 is 1.34. The monoisotopic (exact) mass is 445 g/mol. The second-order valence-corrected chi connectivity index (χ2v) is 7.67. The van der Waals surface area contributed by atoms with E-state index in [1.54, 1.807) is 0 Å². The zero-order valence-electron chi connectivity index (χ0n) is 15.5. The normalized spacial score (nSPS) is 12.9. The van der Waals surface area contributed by atoms with Crippen LogP contribution in [0.3, 0.4) is 0 Å². The maximum absolute atomic E-state index is 13.2. The second kappa shape index (κ2) is 6.89. The van der Waals surface area contributed by atoms with Gasteiger partial charge in [0, 0.05) is 18.6 Å². The molecule has 0 radical (unpaired) electrons. The molecule has 0 saturated heterocycles. The standard InChI is InChI=1S/C18H13F6N5S/c1-3-30-15-11-5-4-9(17(19,20)21)7-13(11)29(27-15)16-26-12-6-10(18(22,23)24)8-25-14(12)28(16)2/h4-8H,3H2,1-2H3. The number of aromatic nitrogens is 5. The van der Waals surface area contributed by atoms with Gasteiger partial charge in [0.15, 0.2) is 5.65 Å². The van der Waals surface area contributed by atoms with Crippen LogP contribution in [0.4, 0.5) is 26.3 Å². The van der Waals surface area contributed by atoms with Gasteiger partial charge in [0.25, 0.3) is 0 Å². The summed E-state index contributed by atoms with van der Waals surface area (Å²) in [5.41, 5.74) is -1.57. The second-order valence-electron chi connectivity index (χ2n) is 6.41. The van der Waals surface area contributed by atoms with Crippen molar-refractivity contribution in [1.29, 1.82) is 0 Å². The zero-order chi connectivity index (χ0) is 21.8. The lowest BCUT2D eigenvalue weighted by molar-refractivity contribution is -0.138. The third-order valence-corrected chi connectivity index (χ3v) is 5.32. The Morgan fingerprint density at radius 1 is 1.00 bits per heavy atom. The summed E-state index contributed by atoms with van der Waals surface area (Å²) in [6.07, 6.45) is -8.46. The van der Waals surface area contributed by atoms with Crippen LogP contribution in [-0.4, -0.2) is 30.1 Å². The molecule has 0 aliphatic heterocycles. The highest BCUT2D eigenvalue weighted by Gasteiger charge is 2.33. The highest BCUT2D eigenvalue weighted by Crippen LogP contribution is 2.36. The predicted molar refractivity (Wildman–Crippen MR) is 99.5 cm³/mol. The van der Waals surface area contributed by atoms with Crippen molar-refractivity contribution in [1.82, 2.24) is 24.3 Å². The van der Waals surface area contributed by atoms with Crippen molar-refractivity contribution < 1.29 is 26.3 Å². The largest absolute Gasteiger partial charge is 0.417 e. The van der Waals surface area contributed by atoms with E-state index in [0.717, 1.165) is 18.2 Å². The minimum atomic E-state index is -4.59. The average molecular weight is 445 g/mol. The number of thioether (sulfide) groups is 1. The third kappa shape index (κ3) is 3.38. The van der Waals surface area contributed by atoms with E-state index in [4.69, 9.17) is 0 Å². The topological polar surface area (TPSA) is 48.5 Å². The number of pyridine rings is 1. The van der Waals surface area contributed by atoms with Crippen molar-refractivity contribution in [3.63, 3.8) is 0 Å². The number of nitrogens with zero attached hydrogens (tertiary/aromatic N) is 5. The smallest absolute Gasteiger partial charge is 0.296 e. The first-order valence-corrected chi connectivity index (χ1v) is 9.62. The highest BCUT2D eigenvalue weighted by atomic mass is 32.2. The Morgan fingerprint density at radius 2 is 1.70 bits per heavy atom. The molecule has 4 aromatic rings. The lowest BCUT2D eigenvalue weighted by Crippen LogP contribution is -2.07. The first kappa shape index (κ1) is 20.5. The van der Waals surface area contributed by atoms with Gasteiger partial charge in [-0.1, -0.05) is 6.92 Å². The van der Waals surface area contributed by atoms with Crippen molar-refractivity contribution in [2.75, 3.05) is 5.75 Å². The van der Waals surface area contributed by atoms with Gasteiger partial charge in [-0.15, -0.1) is 11.8 Å². The molecular formula is C18H13F6N5S. The number of aryl methyl sites for hydroxylation is 1. The molecule has 158 valence electrons. The number of rotatable bonds is 3. The number of imidazole rings is 1. The van der Waals surface area contributed by atoms with E-state index in [9.17, 15) is 26.3 Å². The molecule has 0 spiro atoms. The molecule has 0 aliphatic rings. The van der Waals surface area contributed by atoms with E-state index in [1.165, 1.54) is 34.1 Å². The third-order valence-electron chi connectivity index (χ3n) is 4.46. The SMILES string of the molecule is CCSc1nn(-c2nc3cc(C(F)(F)F)cnc3n2C)c2cc(C(F)(F)F)ccc12. The van der Waals surface area contributed by atoms with Crippen LogP contribution in [0.5, 0.6) is 0 Å². The Hall–Kier alpha value is -2.76. The molecular weight excluding hydrogens is 432 g/mol. The Labute approximate surface area is 169 Å². The van der Waals surface area contributed by atoms with E-state index in [2.05, 4.69) is 15.1 Å². The van der Waals surface area contributed by atoms with Gasteiger partial charge >= 0.3 is 12.4 Å². The molecule has 0 N–H and O–H groups in total. The van der Waals surface area contributed by atoms with Gasteiger partial charge in [-0.05, 0) is 30.0 Å². The lowest BCUT2D eigenvalue weighted by Gasteiger charge is -2.08. The Morgan fingerprint density at radius 3 is 2.33 bits per heavy atom. The molecule has 0 fully saturated rings. The maximum Gasteiger partial charge on any atom is 0.417 e. The van der Waals surface area contributed by atoms with Crippen molar-refractivity contribution in [2.24, 2.45) is 7.05 Å². The fourth-order valence-corrected chi connectivity index (χ4v) is 3.81. The number of hydrogen-bond acceptors (Lipinski definition) is 4. The zero-order valence-corrected chi connectivity index (χ0v) is 16.3. The van der Waals surface area contributed by atoms with Gasteiger partial charge in [0.2, 0.25) is 5.95 Å². The highest BCUT2D eigenvalue weighted by molar-refractivity contribution is 7.99. The van der Waals surface area contributed by atoms with Gasteiger partial charge in [0.05, 0.1) is 16.6 Å². The summed E-state index contributed by atoms with van der Waals surface area (Å²) in [4.78, 5) is 8.01. The van der Waals surface area contributed by atoms with E-state index in [-0.39, 0.29) is 22.6 Å². The van der Waals surface area contributed by atoms with Crippen LogP contribution in [-0.2, 0) is 19.4 Å². The quantitative estimate of drug-likeness (QED) is 0.311. The number of halogens is 6. The molecule has 4 rings (SSSR count). The van der Waals surface area contributed by atoms with Gasteiger partial charge in [0.1, 0.15) is 10.5 Å². The fraction of sp³-hybridized carbons (Fsp3) is 0.278.